The van der Waals surface area contributed by atoms with Crippen LogP contribution in [0.15, 0.2) is 0 Å². The van der Waals surface area contributed by atoms with Crippen LogP contribution in [0.25, 0.3) is 0 Å². The maximum absolute atomic E-state index is 11.2. The third kappa shape index (κ3) is 3.66. The molecular weight excluding hydrogens is 166 g/mol. The second-order valence-corrected chi connectivity index (χ2v) is 3.70. The van der Waals surface area contributed by atoms with Crippen molar-refractivity contribution in [3.8, 4) is 0 Å². The van der Waals surface area contributed by atoms with Crippen molar-refractivity contribution in [1.82, 2.24) is 4.90 Å². The molecule has 0 spiro atoms. The lowest BCUT2D eigenvalue weighted by molar-refractivity contribution is 0.0675. The predicted octanol–water partition coefficient (Wildman–Crippen LogP) is 2.22. The van der Waals surface area contributed by atoms with E-state index in [0.717, 1.165) is 32.1 Å². The summed E-state index contributed by atoms with van der Waals surface area (Å²) in [6.07, 6.45) is 7.58. The number of ether oxygens (including phenoxy) is 1. The third-order valence-electron chi connectivity index (χ3n) is 2.26. The van der Waals surface area contributed by atoms with E-state index in [2.05, 4.69) is 6.42 Å². The Morgan fingerprint density at radius 1 is 1.38 bits per heavy atom. The van der Waals surface area contributed by atoms with Crippen molar-refractivity contribution in [2.24, 2.45) is 0 Å². The molecule has 13 heavy (non-hydrogen) atoms. The number of rotatable bonds is 1. The Hall–Kier alpha value is -0.730. The van der Waals surface area contributed by atoms with Crippen molar-refractivity contribution in [3.05, 3.63) is 6.42 Å². The van der Waals surface area contributed by atoms with Crippen LogP contribution in [0.2, 0.25) is 0 Å². The molecule has 0 aromatic rings. The van der Waals surface area contributed by atoms with Gasteiger partial charge in [0, 0.05) is 14.1 Å². The molecule has 3 nitrogen and oxygen atoms in total. The summed E-state index contributed by atoms with van der Waals surface area (Å²) in [5, 5.41) is 0. The van der Waals surface area contributed by atoms with E-state index < -0.39 is 0 Å². The Balaban J connectivity index is 2.29. The highest BCUT2D eigenvalue weighted by Crippen LogP contribution is 2.19. The maximum atomic E-state index is 11.2. The van der Waals surface area contributed by atoms with E-state index in [4.69, 9.17) is 4.74 Å². The van der Waals surface area contributed by atoms with Crippen LogP contribution in [-0.2, 0) is 4.74 Å². The Kier molecular flexibility index (Phi) is 4.06. The van der Waals surface area contributed by atoms with Gasteiger partial charge in [-0.1, -0.05) is 6.42 Å². The zero-order chi connectivity index (χ0) is 9.68. The van der Waals surface area contributed by atoms with Gasteiger partial charge in [-0.05, 0) is 32.1 Å². The molecule has 0 saturated heterocycles. The van der Waals surface area contributed by atoms with Gasteiger partial charge in [-0.3, -0.25) is 0 Å². The SMILES string of the molecule is CN(C)C(=O)OC1CC[CH]CCC1. The molecule has 1 amide bonds. The summed E-state index contributed by atoms with van der Waals surface area (Å²) in [5.41, 5.74) is 0. The number of nitrogens with zero attached hydrogens (tertiary/aromatic N) is 1. The van der Waals surface area contributed by atoms with Gasteiger partial charge in [0.2, 0.25) is 0 Å². The summed E-state index contributed by atoms with van der Waals surface area (Å²) in [7, 11) is 3.43. The molecule has 0 aromatic carbocycles. The highest BCUT2D eigenvalue weighted by atomic mass is 16.6. The lowest BCUT2D eigenvalue weighted by Crippen LogP contribution is -2.27. The van der Waals surface area contributed by atoms with E-state index in [1.54, 1.807) is 14.1 Å². The molecule has 1 atom stereocenters. The first-order valence-corrected chi connectivity index (χ1v) is 4.89. The molecule has 1 rings (SSSR count). The van der Waals surface area contributed by atoms with Gasteiger partial charge in [0.25, 0.3) is 0 Å². The summed E-state index contributed by atoms with van der Waals surface area (Å²) >= 11 is 0. The number of hydrogen-bond donors (Lipinski definition) is 0. The molecule has 0 bridgehead atoms. The molecule has 0 N–H and O–H groups in total. The molecule has 1 radical (unpaired) electrons. The molecular formula is C10H18NO2. The Morgan fingerprint density at radius 2 is 2.15 bits per heavy atom. The Bertz CT molecular complexity index is 160. The standard InChI is InChI=1S/C10H18NO2/c1-11(2)10(12)13-9-7-5-3-4-6-8-9/h3,9H,4-8H2,1-2H3. The molecule has 0 aliphatic heterocycles. The van der Waals surface area contributed by atoms with Gasteiger partial charge in [0.05, 0.1) is 0 Å². The first kappa shape index (κ1) is 10.4. The first-order chi connectivity index (χ1) is 6.20. The second-order valence-electron chi connectivity index (χ2n) is 3.70. The van der Waals surface area contributed by atoms with Crippen LogP contribution in [0.5, 0.6) is 0 Å². The van der Waals surface area contributed by atoms with Crippen molar-refractivity contribution >= 4 is 6.09 Å². The molecule has 1 unspecified atom stereocenters. The summed E-state index contributed by atoms with van der Waals surface area (Å²) in [5.74, 6) is 0. The predicted molar refractivity (Wildman–Crippen MR) is 51.3 cm³/mol. The van der Waals surface area contributed by atoms with Crippen LogP contribution in [0.4, 0.5) is 4.79 Å². The molecule has 0 aromatic heterocycles. The van der Waals surface area contributed by atoms with Crippen molar-refractivity contribution in [1.29, 1.82) is 0 Å². The zero-order valence-electron chi connectivity index (χ0n) is 8.45. The van der Waals surface area contributed by atoms with Gasteiger partial charge in [0.15, 0.2) is 0 Å². The van der Waals surface area contributed by atoms with E-state index in [0.29, 0.717) is 0 Å². The molecule has 0 heterocycles. The van der Waals surface area contributed by atoms with Gasteiger partial charge in [-0.15, -0.1) is 0 Å². The zero-order valence-corrected chi connectivity index (χ0v) is 8.45. The topological polar surface area (TPSA) is 29.5 Å². The summed E-state index contributed by atoms with van der Waals surface area (Å²) in [4.78, 5) is 12.7. The van der Waals surface area contributed by atoms with E-state index in [1.807, 2.05) is 0 Å². The normalized spacial score (nSPS) is 19.2. The van der Waals surface area contributed by atoms with Crippen molar-refractivity contribution < 1.29 is 9.53 Å². The number of carbonyl (C=O) groups is 1. The largest absolute Gasteiger partial charge is 0.446 e. The average Bonchev–Trinajstić information content (AvgIpc) is 2.32. The fourth-order valence-electron chi connectivity index (χ4n) is 1.45. The third-order valence-corrected chi connectivity index (χ3v) is 2.26. The van der Waals surface area contributed by atoms with Gasteiger partial charge >= 0.3 is 6.09 Å². The van der Waals surface area contributed by atoms with Gasteiger partial charge in [-0.25, -0.2) is 4.79 Å². The van der Waals surface area contributed by atoms with Gasteiger partial charge < -0.3 is 9.64 Å². The fourth-order valence-corrected chi connectivity index (χ4v) is 1.45. The monoisotopic (exact) mass is 184 g/mol. The minimum Gasteiger partial charge on any atom is -0.446 e. The van der Waals surface area contributed by atoms with E-state index >= 15 is 0 Å². The van der Waals surface area contributed by atoms with Crippen LogP contribution in [0.3, 0.4) is 0 Å². The van der Waals surface area contributed by atoms with Gasteiger partial charge in [-0.2, -0.15) is 0 Å². The molecule has 1 aliphatic rings. The van der Waals surface area contributed by atoms with Crippen molar-refractivity contribution in [2.45, 2.75) is 38.2 Å². The molecule has 1 aliphatic carbocycles. The maximum Gasteiger partial charge on any atom is 0.409 e. The highest BCUT2D eigenvalue weighted by Gasteiger charge is 2.17. The van der Waals surface area contributed by atoms with Crippen LogP contribution >= 0.6 is 0 Å². The van der Waals surface area contributed by atoms with E-state index in [1.165, 1.54) is 4.90 Å². The minimum absolute atomic E-state index is 0.133. The van der Waals surface area contributed by atoms with Crippen LogP contribution in [0, 0.1) is 6.42 Å². The Labute approximate surface area is 80.1 Å². The van der Waals surface area contributed by atoms with Crippen LogP contribution < -0.4 is 0 Å². The lowest BCUT2D eigenvalue weighted by atomic mass is 10.2. The number of hydrogen-bond acceptors (Lipinski definition) is 2. The smallest absolute Gasteiger partial charge is 0.409 e. The summed E-state index contributed by atoms with van der Waals surface area (Å²) in [6, 6.07) is 0. The first-order valence-electron chi connectivity index (χ1n) is 4.89. The lowest BCUT2D eigenvalue weighted by Gasteiger charge is -2.18. The molecule has 3 heteroatoms. The molecule has 1 saturated carbocycles. The van der Waals surface area contributed by atoms with E-state index in [9.17, 15) is 4.79 Å². The average molecular weight is 184 g/mol. The Morgan fingerprint density at radius 3 is 2.85 bits per heavy atom. The van der Waals surface area contributed by atoms with E-state index in [-0.39, 0.29) is 12.2 Å². The van der Waals surface area contributed by atoms with Crippen molar-refractivity contribution in [3.63, 3.8) is 0 Å². The fraction of sp³-hybridized carbons (Fsp3) is 0.800. The van der Waals surface area contributed by atoms with Crippen LogP contribution in [-0.4, -0.2) is 31.2 Å². The molecule has 75 valence electrons. The number of amides is 1. The number of carbonyl (C=O) groups excluding carboxylic acids is 1. The van der Waals surface area contributed by atoms with Crippen molar-refractivity contribution in [2.75, 3.05) is 14.1 Å². The van der Waals surface area contributed by atoms with Gasteiger partial charge in [0.1, 0.15) is 6.10 Å². The minimum atomic E-state index is -0.216. The quantitative estimate of drug-likeness (QED) is 0.585. The summed E-state index contributed by atoms with van der Waals surface area (Å²) < 4.78 is 5.30. The highest BCUT2D eigenvalue weighted by molar-refractivity contribution is 5.66. The molecule has 1 fully saturated rings. The van der Waals surface area contributed by atoms with Crippen LogP contribution in [0.1, 0.15) is 32.1 Å². The second kappa shape index (κ2) is 5.10. The summed E-state index contributed by atoms with van der Waals surface area (Å²) in [6.45, 7) is 0.